The van der Waals surface area contributed by atoms with Crippen LogP contribution in [0.5, 0.6) is 5.75 Å². The van der Waals surface area contributed by atoms with Gasteiger partial charge in [-0.1, -0.05) is 41.1 Å². The van der Waals surface area contributed by atoms with Crippen LogP contribution in [0.2, 0.25) is 0 Å². The van der Waals surface area contributed by atoms with Crippen molar-refractivity contribution in [2.45, 2.75) is 18.2 Å². The highest BCUT2D eigenvalue weighted by molar-refractivity contribution is 9.10. The number of para-hydroxylation sites is 1. The normalized spacial score (nSPS) is 11.1. The van der Waals surface area contributed by atoms with Crippen LogP contribution in [-0.2, 0) is 10.0 Å². The number of hydrogen-bond acceptors (Lipinski definition) is 4. The standard InChI is InChI=1S/C23H23BrN2O4S/c1-3-15-30-22-14-9-17(24)16-21(22)23(27)25-18-10-12-20(13-11-18)31(28,29)26(2)19-7-5-4-6-8-19/h4-14,16H,3,15H2,1-2H3,(H,25,27). The van der Waals surface area contributed by atoms with Gasteiger partial charge in [-0.25, -0.2) is 8.42 Å². The molecule has 0 aromatic heterocycles. The zero-order chi connectivity index (χ0) is 22.4. The van der Waals surface area contributed by atoms with Crippen LogP contribution < -0.4 is 14.4 Å². The SMILES string of the molecule is CCCOc1ccc(Br)cc1C(=O)Nc1ccc(S(=O)(=O)N(C)c2ccccc2)cc1. The Morgan fingerprint density at radius 2 is 1.71 bits per heavy atom. The predicted octanol–water partition coefficient (Wildman–Crippen LogP) is 5.32. The van der Waals surface area contributed by atoms with Crippen molar-refractivity contribution < 1.29 is 17.9 Å². The average Bonchev–Trinajstić information content (AvgIpc) is 2.78. The van der Waals surface area contributed by atoms with Crippen molar-refractivity contribution in [3.05, 3.63) is 82.8 Å². The second-order valence-electron chi connectivity index (χ2n) is 6.78. The fourth-order valence-corrected chi connectivity index (χ4v) is 4.42. The second-order valence-corrected chi connectivity index (χ2v) is 9.66. The summed E-state index contributed by atoms with van der Waals surface area (Å²) >= 11 is 3.38. The summed E-state index contributed by atoms with van der Waals surface area (Å²) in [5, 5.41) is 2.79. The minimum atomic E-state index is -3.72. The summed E-state index contributed by atoms with van der Waals surface area (Å²) in [6.07, 6.45) is 0.824. The zero-order valence-electron chi connectivity index (χ0n) is 17.2. The fourth-order valence-electron chi connectivity index (χ4n) is 2.86. The van der Waals surface area contributed by atoms with Crippen molar-refractivity contribution in [2.24, 2.45) is 0 Å². The quantitative estimate of drug-likeness (QED) is 0.452. The highest BCUT2D eigenvalue weighted by atomic mass is 79.9. The van der Waals surface area contributed by atoms with E-state index in [1.165, 1.54) is 23.5 Å². The van der Waals surface area contributed by atoms with Crippen molar-refractivity contribution >= 4 is 43.2 Å². The molecule has 3 aromatic rings. The first-order valence-corrected chi connectivity index (χ1v) is 11.9. The van der Waals surface area contributed by atoms with Crippen LogP contribution in [0.25, 0.3) is 0 Å². The summed E-state index contributed by atoms with van der Waals surface area (Å²) < 4.78 is 33.4. The summed E-state index contributed by atoms with van der Waals surface area (Å²) in [7, 11) is -2.21. The first-order chi connectivity index (χ1) is 14.8. The highest BCUT2D eigenvalue weighted by Crippen LogP contribution is 2.26. The molecule has 0 aliphatic heterocycles. The molecular formula is C23H23BrN2O4S. The number of amides is 1. The molecule has 8 heteroatoms. The number of anilines is 2. The minimum absolute atomic E-state index is 0.131. The summed E-state index contributed by atoms with van der Waals surface area (Å²) in [5.74, 6) is 0.149. The van der Waals surface area contributed by atoms with Crippen LogP contribution in [0.15, 0.2) is 82.2 Å². The molecule has 0 saturated carbocycles. The number of carbonyl (C=O) groups excluding carboxylic acids is 1. The number of hydrogen-bond donors (Lipinski definition) is 1. The first kappa shape index (κ1) is 22.8. The molecule has 162 valence electrons. The van der Waals surface area contributed by atoms with E-state index in [2.05, 4.69) is 21.2 Å². The Balaban J connectivity index is 1.78. The van der Waals surface area contributed by atoms with Gasteiger partial charge in [0.25, 0.3) is 15.9 Å². The summed E-state index contributed by atoms with van der Waals surface area (Å²) in [5.41, 5.74) is 1.44. The van der Waals surface area contributed by atoms with Crippen molar-refractivity contribution in [2.75, 3.05) is 23.3 Å². The molecule has 0 heterocycles. The number of nitrogens with one attached hydrogen (secondary N) is 1. The summed E-state index contributed by atoms with van der Waals surface area (Å²) in [6.45, 7) is 2.49. The van der Waals surface area contributed by atoms with Gasteiger partial charge in [0.15, 0.2) is 0 Å². The Morgan fingerprint density at radius 3 is 2.35 bits per heavy atom. The van der Waals surface area contributed by atoms with Crippen LogP contribution in [0, 0.1) is 0 Å². The van der Waals surface area contributed by atoms with E-state index < -0.39 is 10.0 Å². The summed E-state index contributed by atoms with van der Waals surface area (Å²) in [4.78, 5) is 12.9. The van der Waals surface area contributed by atoms with Gasteiger partial charge >= 0.3 is 0 Å². The largest absolute Gasteiger partial charge is 0.493 e. The molecule has 0 spiro atoms. The molecule has 3 rings (SSSR count). The Labute approximate surface area is 191 Å². The molecule has 0 bridgehead atoms. The number of nitrogens with zero attached hydrogens (tertiary/aromatic N) is 1. The molecule has 0 unspecified atom stereocenters. The van der Waals surface area contributed by atoms with Crippen LogP contribution >= 0.6 is 15.9 Å². The molecule has 31 heavy (non-hydrogen) atoms. The van der Waals surface area contributed by atoms with Gasteiger partial charge < -0.3 is 10.1 Å². The van der Waals surface area contributed by atoms with E-state index in [0.717, 1.165) is 10.9 Å². The molecule has 3 aromatic carbocycles. The van der Waals surface area contributed by atoms with E-state index in [4.69, 9.17) is 4.74 Å². The Morgan fingerprint density at radius 1 is 1.03 bits per heavy atom. The van der Waals surface area contributed by atoms with Gasteiger partial charge in [0, 0.05) is 17.2 Å². The number of sulfonamides is 1. The number of rotatable bonds is 8. The lowest BCUT2D eigenvalue weighted by Crippen LogP contribution is -2.26. The van der Waals surface area contributed by atoms with E-state index in [9.17, 15) is 13.2 Å². The Kier molecular flexibility index (Phi) is 7.35. The molecule has 1 N–H and O–H groups in total. The van der Waals surface area contributed by atoms with Crippen LogP contribution in [0.3, 0.4) is 0 Å². The molecule has 0 fully saturated rings. The van der Waals surface area contributed by atoms with Crippen molar-refractivity contribution in [1.82, 2.24) is 0 Å². The molecule has 0 aliphatic rings. The van der Waals surface area contributed by atoms with Gasteiger partial charge in [-0.05, 0) is 61.0 Å². The molecule has 0 radical (unpaired) electrons. The second kappa shape index (κ2) is 9.98. The lowest BCUT2D eigenvalue weighted by atomic mass is 10.2. The lowest BCUT2D eigenvalue weighted by molar-refractivity contribution is 0.102. The topological polar surface area (TPSA) is 75.7 Å². The first-order valence-electron chi connectivity index (χ1n) is 9.70. The lowest BCUT2D eigenvalue weighted by Gasteiger charge is -2.19. The molecule has 1 amide bonds. The van der Waals surface area contributed by atoms with Crippen molar-refractivity contribution in [1.29, 1.82) is 0 Å². The average molecular weight is 503 g/mol. The Hall–Kier alpha value is -2.84. The van der Waals surface area contributed by atoms with E-state index in [1.54, 1.807) is 48.5 Å². The third-order valence-electron chi connectivity index (χ3n) is 4.54. The minimum Gasteiger partial charge on any atom is -0.493 e. The van der Waals surface area contributed by atoms with Gasteiger partial charge in [0.05, 0.1) is 22.8 Å². The molecule has 0 aliphatic carbocycles. The van der Waals surface area contributed by atoms with Gasteiger partial charge in [-0.2, -0.15) is 0 Å². The maximum Gasteiger partial charge on any atom is 0.264 e. The van der Waals surface area contributed by atoms with Gasteiger partial charge in [0.2, 0.25) is 0 Å². The predicted molar refractivity (Wildman–Crippen MR) is 126 cm³/mol. The van der Waals surface area contributed by atoms with Crippen LogP contribution in [-0.4, -0.2) is 28.0 Å². The van der Waals surface area contributed by atoms with E-state index in [1.807, 2.05) is 19.1 Å². The van der Waals surface area contributed by atoms with Crippen molar-refractivity contribution in [3.63, 3.8) is 0 Å². The number of halogens is 1. The zero-order valence-corrected chi connectivity index (χ0v) is 19.6. The molecular weight excluding hydrogens is 480 g/mol. The summed E-state index contributed by atoms with van der Waals surface area (Å²) in [6, 6.07) is 20.1. The number of benzene rings is 3. The van der Waals surface area contributed by atoms with Gasteiger partial charge in [-0.3, -0.25) is 9.10 Å². The fraction of sp³-hybridized carbons (Fsp3) is 0.174. The van der Waals surface area contributed by atoms with E-state index >= 15 is 0 Å². The van der Waals surface area contributed by atoms with Crippen LogP contribution in [0.4, 0.5) is 11.4 Å². The van der Waals surface area contributed by atoms with Crippen molar-refractivity contribution in [3.8, 4) is 5.75 Å². The third kappa shape index (κ3) is 5.45. The van der Waals surface area contributed by atoms with E-state index in [-0.39, 0.29) is 10.8 Å². The third-order valence-corrected chi connectivity index (χ3v) is 6.83. The monoisotopic (exact) mass is 502 g/mol. The number of carbonyl (C=O) groups is 1. The smallest absolute Gasteiger partial charge is 0.264 e. The highest BCUT2D eigenvalue weighted by Gasteiger charge is 2.21. The Bertz CT molecular complexity index is 1150. The van der Waals surface area contributed by atoms with E-state index in [0.29, 0.717) is 29.3 Å². The number of ether oxygens (including phenoxy) is 1. The molecule has 6 nitrogen and oxygen atoms in total. The molecule has 0 saturated heterocycles. The van der Waals surface area contributed by atoms with Crippen LogP contribution in [0.1, 0.15) is 23.7 Å². The van der Waals surface area contributed by atoms with Gasteiger partial charge in [-0.15, -0.1) is 0 Å². The molecule has 0 atom stereocenters. The maximum absolute atomic E-state index is 12.9. The van der Waals surface area contributed by atoms with Gasteiger partial charge in [0.1, 0.15) is 5.75 Å². The maximum atomic E-state index is 12.9.